The third-order valence-electron chi connectivity index (χ3n) is 0. The molecule has 0 aromatic rings. The maximum Gasteiger partial charge on any atom is 1.00 e. The summed E-state index contributed by atoms with van der Waals surface area (Å²) in [6.45, 7) is 0.722. The Kier molecular flexibility index (Phi) is 31.3. The Bertz CT molecular complexity index is 58.3. The molecule has 0 heterocycles. The molecule has 0 amide bonds. The molecule has 0 radical (unpaired) electrons. The quantitative estimate of drug-likeness (QED) is 0.253. The third kappa shape index (κ3) is 533. The fraction of sp³-hybridized carbons (Fsp3) is 0.333. The van der Waals surface area contributed by atoms with Crippen LogP contribution in [0.1, 0.15) is 6.92 Å². The van der Waals surface area contributed by atoms with Gasteiger partial charge in [-0.05, 0) is 6.92 Å². The van der Waals surface area contributed by atoms with Gasteiger partial charge in [-0.25, -0.2) is 0 Å². The fourth-order valence-electron chi connectivity index (χ4n) is 0. The first-order valence-corrected chi connectivity index (χ1v) is 1.40. The SMILES string of the molecule is CC(=O)[O-].O=CO.[Li+]. The summed E-state index contributed by atoms with van der Waals surface area (Å²) in [6, 6.07) is 0. The summed E-state index contributed by atoms with van der Waals surface area (Å²) < 4.78 is 0. The molecular weight excluding hydrogens is 107 g/mol. The van der Waals surface area contributed by atoms with Crippen molar-refractivity contribution in [1.29, 1.82) is 0 Å². The van der Waals surface area contributed by atoms with E-state index in [-0.39, 0.29) is 25.3 Å². The van der Waals surface area contributed by atoms with Crippen LogP contribution in [0.15, 0.2) is 0 Å². The van der Waals surface area contributed by atoms with Crippen LogP contribution in [-0.4, -0.2) is 17.5 Å². The van der Waals surface area contributed by atoms with Gasteiger partial charge in [-0.1, -0.05) is 0 Å². The molecule has 0 atom stereocenters. The maximum absolute atomic E-state index is 8.89. The van der Waals surface area contributed by atoms with E-state index in [9.17, 15) is 0 Å². The summed E-state index contributed by atoms with van der Waals surface area (Å²) in [5.74, 6) is -1.08. The Hall–Kier alpha value is -0.463. The van der Waals surface area contributed by atoms with Crippen LogP contribution in [-0.2, 0) is 9.59 Å². The van der Waals surface area contributed by atoms with Crippen molar-refractivity contribution in [3.8, 4) is 0 Å². The molecular formula is C3H5LiO4. The van der Waals surface area contributed by atoms with Gasteiger partial charge in [-0.3, -0.25) is 4.79 Å². The van der Waals surface area contributed by atoms with E-state index in [1.807, 2.05) is 0 Å². The zero-order chi connectivity index (χ0) is 6.28. The van der Waals surface area contributed by atoms with Crippen molar-refractivity contribution in [3.05, 3.63) is 0 Å². The van der Waals surface area contributed by atoms with Crippen molar-refractivity contribution < 1.29 is 38.7 Å². The molecule has 0 spiro atoms. The van der Waals surface area contributed by atoms with E-state index in [0.717, 1.165) is 6.92 Å². The van der Waals surface area contributed by atoms with E-state index >= 15 is 0 Å². The first-order chi connectivity index (χ1) is 3.15. The van der Waals surface area contributed by atoms with Crippen LogP contribution < -0.4 is 24.0 Å². The number of hydrogen-bond donors (Lipinski definition) is 1. The monoisotopic (exact) mass is 112 g/mol. The topological polar surface area (TPSA) is 77.4 Å². The standard InChI is InChI=1S/C2H4O2.CH2O2.Li/c1-2(3)4;2-1-3;/h1H3,(H,3,4);1H,(H,2,3);/q;;+1/p-1. The van der Waals surface area contributed by atoms with Gasteiger partial charge in [0.15, 0.2) is 0 Å². The molecule has 42 valence electrons. The van der Waals surface area contributed by atoms with Crippen molar-refractivity contribution in [3.63, 3.8) is 0 Å². The number of carbonyl (C=O) groups excluding carboxylic acids is 1. The van der Waals surface area contributed by atoms with E-state index in [4.69, 9.17) is 19.8 Å². The van der Waals surface area contributed by atoms with E-state index in [0.29, 0.717) is 0 Å². The van der Waals surface area contributed by atoms with Gasteiger partial charge in [0.1, 0.15) is 0 Å². The van der Waals surface area contributed by atoms with Crippen LogP contribution >= 0.6 is 0 Å². The summed E-state index contributed by atoms with van der Waals surface area (Å²) in [4.78, 5) is 17.2. The number of aliphatic carboxylic acids is 1. The van der Waals surface area contributed by atoms with E-state index < -0.39 is 5.97 Å². The normalized spacial score (nSPS) is 4.62. The Labute approximate surface area is 58.7 Å². The van der Waals surface area contributed by atoms with Crippen molar-refractivity contribution >= 4 is 12.4 Å². The molecule has 0 rings (SSSR count). The predicted octanol–water partition coefficient (Wildman–Crippen LogP) is -4.54. The smallest absolute Gasteiger partial charge is 0.550 e. The average Bonchev–Trinajstić information content (AvgIpc) is 1.33. The number of carboxylic acid groups (broad SMARTS) is 2. The molecule has 4 nitrogen and oxygen atoms in total. The molecule has 0 aliphatic heterocycles. The minimum absolute atomic E-state index is 0. The van der Waals surface area contributed by atoms with Crippen molar-refractivity contribution in [1.82, 2.24) is 0 Å². The zero-order valence-corrected chi connectivity index (χ0v) is 4.75. The van der Waals surface area contributed by atoms with E-state index in [2.05, 4.69) is 0 Å². The van der Waals surface area contributed by atoms with Crippen molar-refractivity contribution in [2.24, 2.45) is 0 Å². The van der Waals surface area contributed by atoms with Gasteiger partial charge in [0, 0.05) is 5.97 Å². The number of hydrogen-bond acceptors (Lipinski definition) is 3. The molecule has 0 saturated heterocycles. The second-order valence-electron chi connectivity index (χ2n) is 0.597. The summed E-state index contributed by atoms with van der Waals surface area (Å²) >= 11 is 0. The first-order valence-electron chi connectivity index (χ1n) is 1.40. The molecule has 0 aromatic heterocycles. The molecule has 0 aliphatic rings. The minimum atomic E-state index is -1.08. The Morgan fingerprint density at radius 3 is 1.75 bits per heavy atom. The Morgan fingerprint density at radius 1 is 1.75 bits per heavy atom. The fourth-order valence-corrected chi connectivity index (χ4v) is 0. The number of carbonyl (C=O) groups is 2. The van der Waals surface area contributed by atoms with Gasteiger partial charge >= 0.3 is 18.9 Å². The van der Waals surface area contributed by atoms with Crippen LogP contribution in [0.4, 0.5) is 0 Å². The first kappa shape index (κ1) is 15.6. The van der Waals surface area contributed by atoms with Gasteiger partial charge in [0.2, 0.25) is 0 Å². The molecule has 1 N–H and O–H groups in total. The summed E-state index contributed by atoms with van der Waals surface area (Å²) in [6.07, 6.45) is 0. The van der Waals surface area contributed by atoms with Gasteiger partial charge in [0.05, 0.1) is 0 Å². The summed E-state index contributed by atoms with van der Waals surface area (Å²) in [7, 11) is 0. The second kappa shape index (κ2) is 16.0. The Morgan fingerprint density at radius 2 is 1.75 bits per heavy atom. The predicted molar refractivity (Wildman–Crippen MR) is 19.4 cm³/mol. The number of rotatable bonds is 0. The molecule has 0 unspecified atom stereocenters. The van der Waals surface area contributed by atoms with Gasteiger partial charge in [0.25, 0.3) is 6.47 Å². The molecule has 5 heteroatoms. The molecule has 8 heavy (non-hydrogen) atoms. The molecule has 0 aromatic carbocycles. The van der Waals surface area contributed by atoms with Crippen LogP contribution in [0.2, 0.25) is 0 Å². The van der Waals surface area contributed by atoms with Crippen LogP contribution in [0, 0.1) is 0 Å². The van der Waals surface area contributed by atoms with Crippen molar-refractivity contribution in [2.75, 3.05) is 0 Å². The van der Waals surface area contributed by atoms with Crippen LogP contribution in [0.5, 0.6) is 0 Å². The van der Waals surface area contributed by atoms with Crippen molar-refractivity contribution in [2.45, 2.75) is 6.92 Å². The molecule has 0 aliphatic carbocycles. The third-order valence-corrected chi connectivity index (χ3v) is 0. The number of carboxylic acids is 1. The van der Waals surface area contributed by atoms with Gasteiger partial charge < -0.3 is 15.0 Å². The van der Waals surface area contributed by atoms with Gasteiger partial charge in [-0.15, -0.1) is 0 Å². The van der Waals surface area contributed by atoms with E-state index in [1.54, 1.807) is 0 Å². The van der Waals surface area contributed by atoms with E-state index in [1.165, 1.54) is 0 Å². The molecule has 0 fully saturated rings. The summed E-state index contributed by atoms with van der Waals surface area (Å²) in [5.41, 5.74) is 0. The summed E-state index contributed by atoms with van der Waals surface area (Å²) in [5, 5.41) is 15.8. The zero-order valence-electron chi connectivity index (χ0n) is 4.75. The second-order valence-corrected chi connectivity index (χ2v) is 0.597. The van der Waals surface area contributed by atoms with Crippen LogP contribution in [0.3, 0.4) is 0 Å². The van der Waals surface area contributed by atoms with Gasteiger partial charge in [-0.2, -0.15) is 0 Å². The molecule has 0 bridgehead atoms. The molecule has 0 saturated carbocycles. The minimum Gasteiger partial charge on any atom is -0.550 e. The Balaban J connectivity index is -0.0000000575. The largest absolute Gasteiger partial charge is 1.00 e. The average molecular weight is 112 g/mol. The van der Waals surface area contributed by atoms with Crippen LogP contribution in [0.25, 0.3) is 0 Å². The maximum atomic E-state index is 8.89.